The number of hydrogen-bond acceptors (Lipinski definition) is 6. The lowest BCUT2D eigenvalue weighted by Gasteiger charge is -2.32. The number of anilines is 1. The molecular formula is C15H18N6O. The van der Waals surface area contributed by atoms with Crippen LogP contribution in [0.3, 0.4) is 0 Å². The van der Waals surface area contributed by atoms with Gasteiger partial charge in [0.2, 0.25) is 0 Å². The Labute approximate surface area is 127 Å². The molecule has 1 N–H and O–H groups in total. The van der Waals surface area contributed by atoms with Gasteiger partial charge in [-0.1, -0.05) is 0 Å². The second kappa shape index (κ2) is 5.08. The maximum absolute atomic E-state index is 5.56. The van der Waals surface area contributed by atoms with Crippen molar-refractivity contribution in [2.45, 2.75) is 32.6 Å². The molecule has 7 heteroatoms. The normalized spacial score (nSPS) is 16.5. The lowest BCUT2D eigenvalue weighted by atomic mass is 9.94. The Hall–Kier alpha value is -2.44. The van der Waals surface area contributed by atoms with Crippen LogP contribution in [0, 0.1) is 13.8 Å². The molecule has 1 aliphatic heterocycles. The van der Waals surface area contributed by atoms with Crippen molar-refractivity contribution in [1.82, 2.24) is 25.1 Å². The SMILES string of the molecule is Cc1nc(N2CCC(c3ccn[nH]3)CC2)c2nc(C)oc2n1. The van der Waals surface area contributed by atoms with Crippen LogP contribution in [0.4, 0.5) is 5.82 Å². The van der Waals surface area contributed by atoms with Crippen molar-refractivity contribution in [2.24, 2.45) is 0 Å². The molecule has 4 rings (SSSR count). The van der Waals surface area contributed by atoms with E-state index in [0.29, 0.717) is 23.3 Å². The van der Waals surface area contributed by atoms with Crippen LogP contribution in [0.15, 0.2) is 16.7 Å². The standard InChI is InChI=1S/C15H18N6O/c1-9-17-14(13-15(18-9)22-10(2)19-13)21-7-4-11(5-8-21)12-3-6-16-20-12/h3,6,11H,4-5,7-8H2,1-2H3,(H,16,20). The zero-order chi connectivity index (χ0) is 15.1. The predicted molar refractivity (Wildman–Crippen MR) is 81.8 cm³/mol. The van der Waals surface area contributed by atoms with E-state index < -0.39 is 0 Å². The highest BCUT2D eigenvalue weighted by atomic mass is 16.4. The van der Waals surface area contributed by atoms with Crippen molar-refractivity contribution in [2.75, 3.05) is 18.0 Å². The maximum Gasteiger partial charge on any atom is 0.252 e. The molecule has 0 atom stereocenters. The minimum Gasteiger partial charge on any atom is -0.422 e. The van der Waals surface area contributed by atoms with E-state index in [1.807, 2.05) is 20.0 Å². The van der Waals surface area contributed by atoms with Crippen molar-refractivity contribution in [1.29, 1.82) is 0 Å². The zero-order valence-electron chi connectivity index (χ0n) is 12.7. The molecule has 0 saturated carbocycles. The number of rotatable bonds is 2. The summed E-state index contributed by atoms with van der Waals surface area (Å²) in [5.74, 6) is 2.77. The number of fused-ring (bicyclic) bond motifs is 1. The molecule has 0 unspecified atom stereocenters. The average Bonchev–Trinajstić information content (AvgIpc) is 3.15. The fourth-order valence-electron chi connectivity index (χ4n) is 3.13. The fraction of sp³-hybridized carbons (Fsp3) is 0.467. The zero-order valence-corrected chi connectivity index (χ0v) is 12.7. The van der Waals surface area contributed by atoms with Gasteiger partial charge in [0.05, 0.1) is 0 Å². The van der Waals surface area contributed by atoms with E-state index in [-0.39, 0.29) is 0 Å². The van der Waals surface area contributed by atoms with Crippen LogP contribution in [0.1, 0.15) is 36.2 Å². The Kier molecular flexibility index (Phi) is 3.06. The van der Waals surface area contributed by atoms with Gasteiger partial charge in [0.25, 0.3) is 5.71 Å². The highest BCUT2D eigenvalue weighted by molar-refractivity contribution is 5.82. The first-order valence-electron chi connectivity index (χ1n) is 7.56. The van der Waals surface area contributed by atoms with E-state index in [2.05, 4.69) is 36.1 Å². The van der Waals surface area contributed by atoms with Crippen LogP contribution in [0.2, 0.25) is 0 Å². The summed E-state index contributed by atoms with van der Waals surface area (Å²) in [5.41, 5.74) is 2.57. The van der Waals surface area contributed by atoms with Gasteiger partial charge in [0, 0.05) is 37.8 Å². The Bertz CT molecular complexity index is 786. The summed E-state index contributed by atoms with van der Waals surface area (Å²) in [4.78, 5) is 15.7. The van der Waals surface area contributed by atoms with Crippen molar-refractivity contribution < 1.29 is 4.42 Å². The Morgan fingerprint density at radius 2 is 2.00 bits per heavy atom. The monoisotopic (exact) mass is 298 g/mol. The molecule has 0 aromatic carbocycles. The van der Waals surface area contributed by atoms with E-state index in [4.69, 9.17) is 4.42 Å². The fourth-order valence-corrected chi connectivity index (χ4v) is 3.13. The topological polar surface area (TPSA) is 83.7 Å². The second-order valence-electron chi connectivity index (χ2n) is 5.75. The molecule has 4 heterocycles. The molecule has 0 bridgehead atoms. The lowest BCUT2D eigenvalue weighted by Crippen LogP contribution is -2.34. The number of H-pyrrole nitrogens is 1. The number of nitrogens with zero attached hydrogens (tertiary/aromatic N) is 5. The largest absolute Gasteiger partial charge is 0.422 e. The summed E-state index contributed by atoms with van der Waals surface area (Å²) in [7, 11) is 0. The molecule has 3 aromatic heterocycles. The van der Waals surface area contributed by atoms with Gasteiger partial charge in [-0.3, -0.25) is 5.10 Å². The minimum atomic E-state index is 0.538. The van der Waals surface area contributed by atoms with Crippen LogP contribution in [0.25, 0.3) is 11.2 Å². The van der Waals surface area contributed by atoms with Gasteiger partial charge in [-0.25, -0.2) is 9.97 Å². The molecule has 3 aromatic rings. The Morgan fingerprint density at radius 1 is 1.18 bits per heavy atom. The number of aryl methyl sites for hydroxylation is 2. The number of piperidine rings is 1. The van der Waals surface area contributed by atoms with E-state index in [9.17, 15) is 0 Å². The van der Waals surface area contributed by atoms with Crippen molar-refractivity contribution in [3.63, 3.8) is 0 Å². The van der Waals surface area contributed by atoms with Crippen LogP contribution in [0.5, 0.6) is 0 Å². The average molecular weight is 298 g/mol. The molecule has 1 aliphatic rings. The maximum atomic E-state index is 5.56. The minimum absolute atomic E-state index is 0.538. The third-order valence-electron chi connectivity index (χ3n) is 4.22. The highest BCUT2D eigenvalue weighted by Crippen LogP contribution is 2.31. The van der Waals surface area contributed by atoms with E-state index in [1.54, 1.807) is 0 Å². The summed E-state index contributed by atoms with van der Waals surface area (Å²) < 4.78 is 5.56. The molecule has 114 valence electrons. The molecule has 22 heavy (non-hydrogen) atoms. The summed E-state index contributed by atoms with van der Waals surface area (Å²) in [6.45, 7) is 5.62. The molecule has 0 spiro atoms. The van der Waals surface area contributed by atoms with Gasteiger partial charge in [0.15, 0.2) is 17.2 Å². The Balaban J connectivity index is 1.61. The first-order chi connectivity index (χ1) is 10.7. The molecule has 0 amide bonds. The molecule has 1 fully saturated rings. The second-order valence-corrected chi connectivity index (χ2v) is 5.75. The molecule has 0 aliphatic carbocycles. The van der Waals surface area contributed by atoms with Crippen LogP contribution < -0.4 is 4.90 Å². The van der Waals surface area contributed by atoms with Gasteiger partial charge in [0.1, 0.15) is 5.82 Å². The Morgan fingerprint density at radius 3 is 2.73 bits per heavy atom. The summed E-state index contributed by atoms with van der Waals surface area (Å²) in [6, 6.07) is 2.06. The van der Waals surface area contributed by atoms with Gasteiger partial charge >= 0.3 is 0 Å². The highest BCUT2D eigenvalue weighted by Gasteiger charge is 2.25. The summed E-state index contributed by atoms with van der Waals surface area (Å²) in [5, 5.41) is 7.13. The number of oxazole rings is 1. The van der Waals surface area contributed by atoms with E-state index in [0.717, 1.165) is 37.3 Å². The van der Waals surface area contributed by atoms with Crippen LogP contribution in [-0.2, 0) is 0 Å². The summed E-state index contributed by atoms with van der Waals surface area (Å²) >= 11 is 0. The van der Waals surface area contributed by atoms with E-state index in [1.165, 1.54) is 5.69 Å². The molecule has 1 saturated heterocycles. The van der Waals surface area contributed by atoms with Gasteiger partial charge in [-0.2, -0.15) is 10.1 Å². The quantitative estimate of drug-likeness (QED) is 0.781. The third-order valence-corrected chi connectivity index (χ3v) is 4.22. The van der Waals surface area contributed by atoms with Crippen molar-refractivity contribution in [3.05, 3.63) is 29.7 Å². The first-order valence-corrected chi connectivity index (χ1v) is 7.56. The number of nitrogens with one attached hydrogen (secondary N) is 1. The third kappa shape index (κ3) is 2.22. The lowest BCUT2D eigenvalue weighted by molar-refractivity contribution is 0.493. The first kappa shape index (κ1) is 13.2. The van der Waals surface area contributed by atoms with E-state index >= 15 is 0 Å². The number of hydrogen-bond donors (Lipinski definition) is 1. The smallest absolute Gasteiger partial charge is 0.252 e. The molecule has 0 radical (unpaired) electrons. The summed E-state index contributed by atoms with van der Waals surface area (Å²) in [6.07, 6.45) is 3.96. The predicted octanol–water partition coefficient (Wildman–Crippen LogP) is 2.34. The molecular weight excluding hydrogens is 280 g/mol. The molecule has 7 nitrogen and oxygen atoms in total. The van der Waals surface area contributed by atoms with Crippen LogP contribution in [-0.4, -0.2) is 38.2 Å². The van der Waals surface area contributed by atoms with Gasteiger partial charge in [-0.05, 0) is 25.8 Å². The van der Waals surface area contributed by atoms with Gasteiger partial charge < -0.3 is 9.32 Å². The number of aromatic nitrogens is 5. The van der Waals surface area contributed by atoms with Gasteiger partial charge in [-0.15, -0.1) is 0 Å². The van der Waals surface area contributed by atoms with Crippen molar-refractivity contribution in [3.8, 4) is 0 Å². The van der Waals surface area contributed by atoms with Crippen molar-refractivity contribution >= 4 is 17.0 Å². The van der Waals surface area contributed by atoms with Crippen LogP contribution >= 0.6 is 0 Å². The number of aromatic amines is 1.